The summed E-state index contributed by atoms with van der Waals surface area (Å²) in [5.74, 6) is -0.417. The minimum atomic E-state index is -1.16. The molecule has 0 radical (unpaired) electrons. The topological polar surface area (TPSA) is 93.5 Å². The van der Waals surface area contributed by atoms with Crippen LogP contribution in [0.4, 0.5) is 0 Å². The van der Waals surface area contributed by atoms with Gasteiger partial charge in [-0.3, -0.25) is 14.3 Å². The molecule has 1 atom stereocenters. The quantitative estimate of drug-likeness (QED) is 0.610. The number of amides is 2. The van der Waals surface area contributed by atoms with Crippen LogP contribution in [-0.4, -0.2) is 50.7 Å². The summed E-state index contributed by atoms with van der Waals surface area (Å²) in [6.07, 6.45) is 4.98. The third-order valence-corrected chi connectivity index (χ3v) is 7.39. The lowest BCUT2D eigenvalue weighted by atomic mass is 9.86. The monoisotopic (exact) mass is 480 g/mol. The van der Waals surface area contributed by atoms with Gasteiger partial charge in [0.2, 0.25) is 5.91 Å². The smallest absolute Gasteiger partial charge is 0.358 e. The van der Waals surface area contributed by atoms with Crippen LogP contribution in [0.25, 0.3) is 0 Å². The Kier molecular flexibility index (Phi) is 7.28. The van der Waals surface area contributed by atoms with Crippen LogP contribution in [0.1, 0.15) is 85.5 Å². The number of esters is 1. The zero-order valence-electron chi connectivity index (χ0n) is 21.2. The molecule has 1 aliphatic carbocycles. The first-order valence-corrected chi connectivity index (χ1v) is 12.7. The average molecular weight is 481 g/mol. The summed E-state index contributed by atoms with van der Waals surface area (Å²) in [7, 11) is 0. The van der Waals surface area contributed by atoms with Crippen LogP contribution in [0.15, 0.2) is 30.3 Å². The number of rotatable bonds is 7. The Morgan fingerprint density at radius 2 is 1.77 bits per heavy atom. The predicted octanol–water partition coefficient (Wildman–Crippen LogP) is 3.73. The van der Waals surface area contributed by atoms with E-state index in [0.717, 1.165) is 37.7 Å². The normalized spacial score (nSPS) is 24.1. The third-order valence-electron chi connectivity index (χ3n) is 7.39. The Balaban J connectivity index is 1.65. The van der Waals surface area contributed by atoms with E-state index in [-0.39, 0.29) is 48.9 Å². The first kappa shape index (κ1) is 24.9. The number of hydrogen-bond donors (Lipinski definition) is 1. The van der Waals surface area contributed by atoms with Gasteiger partial charge in [-0.25, -0.2) is 4.79 Å². The van der Waals surface area contributed by atoms with E-state index in [4.69, 9.17) is 4.74 Å². The molecular formula is C27H36N4O4. The average Bonchev–Trinajstić information content (AvgIpc) is 3.28. The van der Waals surface area contributed by atoms with Crippen molar-refractivity contribution in [2.75, 3.05) is 6.61 Å². The molecule has 8 heteroatoms. The van der Waals surface area contributed by atoms with E-state index in [1.165, 1.54) is 16.3 Å². The molecule has 0 bridgehead atoms. The van der Waals surface area contributed by atoms with E-state index in [9.17, 15) is 14.4 Å². The maximum Gasteiger partial charge on any atom is 0.358 e. The van der Waals surface area contributed by atoms with Gasteiger partial charge in [-0.05, 0) is 63.0 Å². The summed E-state index contributed by atoms with van der Waals surface area (Å²) >= 11 is 0. The molecule has 1 N–H and O–H groups in total. The van der Waals surface area contributed by atoms with Crippen molar-refractivity contribution in [3.8, 4) is 0 Å². The molecule has 1 saturated carbocycles. The van der Waals surface area contributed by atoms with Gasteiger partial charge in [-0.1, -0.05) is 38.1 Å². The highest BCUT2D eigenvalue weighted by Crippen LogP contribution is 2.31. The Hall–Kier alpha value is -3.16. The molecule has 1 unspecified atom stereocenters. The van der Waals surface area contributed by atoms with Gasteiger partial charge in [0.05, 0.1) is 13.2 Å². The van der Waals surface area contributed by atoms with Crippen molar-refractivity contribution in [2.45, 2.75) is 84.5 Å². The van der Waals surface area contributed by atoms with Crippen molar-refractivity contribution >= 4 is 17.8 Å². The van der Waals surface area contributed by atoms with Crippen LogP contribution in [0, 0.1) is 5.92 Å². The van der Waals surface area contributed by atoms with Crippen molar-refractivity contribution in [1.82, 2.24) is 20.0 Å². The molecule has 8 nitrogen and oxygen atoms in total. The van der Waals surface area contributed by atoms with Crippen LogP contribution >= 0.6 is 0 Å². The molecule has 2 aliphatic rings. The van der Waals surface area contributed by atoms with Gasteiger partial charge in [0.15, 0.2) is 5.69 Å². The molecule has 188 valence electrons. The van der Waals surface area contributed by atoms with Gasteiger partial charge >= 0.3 is 5.97 Å². The fourth-order valence-electron chi connectivity index (χ4n) is 5.00. The molecule has 2 aromatic rings. The molecule has 35 heavy (non-hydrogen) atoms. The predicted molar refractivity (Wildman–Crippen MR) is 132 cm³/mol. The lowest BCUT2D eigenvalue weighted by Crippen LogP contribution is -2.64. The van der Waals surface area contributed by atoms with Gasteiger partial charge < -0.3 is 15.0 Å². The standard InChI is InChI=1S/C27H36N4O4/c1-5-19-9-11-20(12-10-19)16-30-24(32)23-15-22(25(33)35-6-2)29-31(23)17-27(30,4)26(34)28-21-13-7-18(3)8-14-21/h9-12,15,18,21H,5-8,13-14,16-17H2,1-4H3,(H,28,34). The Morgan fingerprint density at radius 1 is 1.11 bits per heavy atom. The summed E-state index contributed by atoms with van der Waals surface area (Å²) in [5.41, 5.74) is 1.36. The van der Waals surface area contributed by atoms with Crippen molar-refractivity contribution in [3.63, 3.8) is 0 Å². The molecule has 1 aromatic heterocycles. The summed E-state index contributed by atoms with van der Waals surface area (Å²) in [6, 6.07) is 9.67. The zero-order valence-corrected chi connectivity index (χ0v) is 21.2. The largest absolute Gasteiger partial charge is 0.461 e. The number of ether oxygens (including phenoxy) is 1. The van der Waals surface area contributed by atoms with E-state index in [2.05, 4.69) is 24.3 Å². The molecule has 0 spiro atoms. The second kappa shape index (κ2) is 10.2. The molecule has 2 heterocycles. The van der Waals surface area contributed by atoms with Gasteiger partial charge in [-0.15, -0.1) is 0 Å². The van der Waals surface area contributed by atoms with Crippen LogP contribution in [0.2, 0.25) is 0 Å². The van der Waals surface area contributed by atoms with E-state index in [0.29, 0.717) is 5.92 Å². The highest BCUT2D eigenvalue weighted by Gasteiger charge is 2.48. The zero-order chi connectivity index (χ0) is 25.2. The van der Waals surface area contributed by atoms with E-state index in [1.807, 2.05) is 24.3 Å². The number of fused-ring (bicyclic) bond motifs is 1. The summed E-state index contributed by atoms with van der Waals surface area (Å²) in [5, 5.41) is 7.55. The van der Waals surface area contributed by atoms with Gasteiger partial charge in [0, 0.05) is 18.7 Å². The van der Waals surface area contributed by atoms with E-state index >= 15 is 0 Å². The summed E-state index contributed by atoms with van der Waals surface area (Å²) < 4.78 is 6.55. The number of aryl methyl sites for hydroxylation is 1. The molecule has 1 fully saturated rings. The first-order valence-electron chi connectivity index (χ1n) is 12.7. The lowest BCUT2D eigenvalue weighted by Gasteiger charge is -2.44. The SMILES string of the molecule is CCOC(=O)c1cc2n(n1)CC(C)(C(=O)NC1CCC(C)CC1)N(Cc1ccc(CC)cc1)C2=O. The number of nitrogens with zero attached hydrogens (tertiary/aromatic N) is 3. The fraction of sp³-hybridized carbons (Fsp3) is 0.556. The molecule has 0 saturated heterocycles. The summed E-state index contributed by atoms with van der Waals surface area (Å²) in [4.78, 5) is 41.4. The number of aromatic nitrogens is 2. The Morgan fingerprint density at radius 3 is 2.40 bits per heavy atom. The Bertz CT molecular complexity index is 1090. The molecule has 1 aliphatic heterocycles. The Labute approximate surface area is 207 Å². The van der Waals surface area contributed by atoms with Crippen LogP contribution in [-0.2, 0) is 29.0 Å². The maximum atomic E-state index is 13.7. The van der Waals surface area contributed by atoms with Crippen molar-refractivity contribution in [2.24, 2.45) is 5.92 Å². The number of carbonyl (C=O) groups excluding carboxylic acids is 3. The van der Waals surface area contributed by atoms with Crippen molar-refractivity contribution in [1.29, 1.82) is 0 Å². The van der Waals surface area contributed by atoms with Crippen molar-refractivity contribution < 1.29 is 19.1 Å². The lowest BCUT2D eigenvalue weighted by molar-refractivity contribution is -0.134. The van der Waals surface area contributed by atoms with Gasteiger partial charge in [0.25, 0.3) is 5.91 Å². The number of benzene rings is 1. The third kappa shape index (κ3) is 5.11. The van der Waals surface area contributed by atoms with Crippen LogP contribution < -0.4 is 5.32 Å². The minimum Gasteiger partial charge on any atom is -0.461 e. The molecule has 4 rings (SSSR count). The number of nitrogens with one attached hydrogen (secondary N) is 1. The fourth-order valence-corrected chi connectivity index (χ4v) is 5.00. The van der Waals surface area contributed by atoms with E-state index < -0.39 is 11.5 Å². The minimum absolute atomic E-state index is 0.0772. The van der Waals surface area contributed by atoms with E-state index in [1.54, 1.807) is 18.7 Å². The molecule has 1 aromatic carbocycles. The second-order valence-corrected chi connectivity index (χ2v) is 10.1. The van der Waals surface area contributed by atoms with Gasteiger partial charge in [-0.2, -0.15) is 5.10 Å². The molecule has 2 amide bonds. The number of carbonyl (C=O) groups is 3. The second-order valence-electron chi connectivity index (χ2n) is 10.1. The highest BCUT2D eigenvalue weighted by atomic mass is 16.5. The van der Waals surface area contributed by atoms with Crippen LogP contribution in [0.5, 0.6) is 0 Å². The van der Waals surface area contributed by atoms with Crippen molar-refractivity contribution in [3.05, 3.63) is 52.8 Å². The first-order chi connectivity index (χ1) is 16.7. The molecular weight excluding hydrogens is 444 g/mol. The summed E-state index contributed by atoms with van der Waals surface area (Å²) in [6.45, 7) is 8.52. The number of hydrogen-bond acceptors (Lipinski definition) is 5. The van der Waals surface area contributed by atoms with Crippen LogP contribution in [0.3, 0.4) is 0 Å². The van der Waals surface area contributed by atoms with Gasteiger partial charge in [0.1, 0.15) is 11.2 Å². The maximum absolute atomic E-state index is 13.7. The highest BCUT2D eigenvalue weighted by molar-refractivity contribution is 6.01.